The van der Waals surface area contributed by atoms with Crippen LogP contribution in [0.1, 0.15) is 27.0 Å². The van der Waals surface area contributed by atoms with E-state index in [1.165, 1.54) is 37.5 Å². The number of aryl methyl sites for hydroxylation is 1. The molecule has 0 atom stereocenters. The summed E-state index contributed by atoms with van der Waals surface area (Å²) in [6, 6.07) is 7.50. The van der Waals surface area contributed by atoms with Gasteiger partial charge in [0.25, 0.3) is 0 Å². The Morgan fingerprint density at radius 2 is 2.07 bits per heavy atom. The van der Waals surface area contributed by atoms with Crippen molar-refractivity contribution >= 4 is 23.6 Å². The lowest BCUT2D eigenvalue weighted by molar-refractivity contribution is -0.111. The zero-order valence-corrected chi connectivity index (χ0v) is 14.9. The summed E-state index contributed by atoms with van der Waals surface area (Å²) >= 11 is 0. The van der Waals surface area contributed by atoms with Gasteiger partial charge in [0.05, 0.1) is 19.3 Å². The van der Waals surface area contributed by atoms with Gasteiger partial charge in [-0.1, -0.05) is 6.07 Å². The van der Waals surface area contributed by atoms with Crippen LogP contribution in [0.2, 0.25) is 0 Å². The van der Waals surface area contributed by atoms with Crippen LogP contribution >= 0.6 is 0 Å². The summed E-state index contributed by atoms with van der Waals surface area (Å²) in [6.45, 7) is 2.13. The Labute approximate surface area is 155 Å². The van der Waals surface area contributed by atoms with Crippen molar-refractivity contribution in [3.8, 4) is 5.75 Å². The smallest absolute Gasteiger partial charge is 0.337 e. The first-order valence-electron chi connectivity index (χ1n) is 8.19. The van der Waals surface area contributed by atoms with Crippen molar-refractivity contribution in [1.82, 2.24) is 0 Å². The highest BCUT2D eigenvalue weighted by molar-refractivity contribution is 6.03. The molecule has 0 saturated heterocycles. The fraction of sp³-hybridized carbons (Fsp3) is 0.200. The Morgan fingerprint density at radius 1 is 1.26 bits per heavy atom. The van der Waals surface area contributed by atoms with Crippen molar-refractivity contribution in [3.63, 3.8) is 0 Å². The molecule has 7 heteroatoms. The van der Waals surface area contributed by atoms with Crippen LogP contribution in [-0.2, 0) is 20.9 Å². The summed E-state index contributed by atoms with van der Waals surface area (Å²) in [5.74, 6) is -0.864. The molecular weight excluding hydrogens is 353 g/mol. The van der Waals surface area contributed by atoms with Crippen LogP contribution < -0.4 is 10.1 Å². The van der Waals surface area contributed by atoms with Crippen LogP contribution in [0.4, 0.5) is 10.1 Å². The van der Waals surface area contributed by atoms with Crippen molar-refractivity contribution in [3.05, 3.63) is 64.5 Å². The van der Waals surface area contributed by atoms with E-state index in [0.717, 1.165) is 5.56 Å². The Kier molecular flexibility index (Phi) is 5.52. The molecule has 0 saturated carbocycles. The summed E-state index contributed by atoms with van der Waals surface area (Å²) < 4.78 is 29.0. The predicted molar refractivity (Wildman–Crippen MR) is 96.9 cm³/mol. The molecular formula is C20H18FNO5. The summed E-state index contributed by atoms with van der Waals surface area (Å²) in [7, 11) is 1.29. The average molecular weight is 371 g/mol. The van der Waals surface area contributed by atoms with E-state index in [1.807, 2.05) is 0 Å². The van der Waals surface area contributed by atoms with Gasteiger partial charge in [0.2, 0.25) is 5.91 Å². The fourth-order valence-electron chi connectivity index (χ4n) is 2.67. The third-order valence-electron chi connectivity index (χ3n) is 4.03. The van der Waals surface area contributed by atoms with Gasteiger partial charge in [-0.3, -0.25) is 4.79 Å². The average Bonchev–Trinajstić information content (AvgIpc) is 2.67. The van der Waals surface area contributed by atoms with E-state index in [0.29, 0.717) is 28.1 Å². The predicted octanol–water partition coefficient (Wildman–Crippen LogP) is 3.44. The second kappa shape index (κ2) is 8.01. The number of carbonyl (C=O) groups is 2. The fourth-order valence-corrected chi connectivity index (χ4v) is 2.67. The number of ether oxygens (including phenoxy) is 3. The molecule has 3 rings (SSSR count). The van der Waals surface area contributed by atoms with Gasteiger partial charge in [0, 0.05) is 22.9 Å². The first-order valence-corrected chi connectivity index (χ1v) is 8.19. The van der Waals surface area contributed by atoms with Crippen molar-refractivity contribution in [2.24, 2.45) is 0 Å². The van der Waals surface area contributed by atoms with Crippen LogP contribution in [0.25, 0.3) is 6.08 Å². The lowest BCUT2D eigenvalue weighted by atomic mass is 10.1. The van der Waals surface area contributed by atoms with E-state index in [1.54, 1.807) is 19.1 Å². The number of halogens is 1. The summed E-state index contributed by atoms with van der Waals surface area (Å²) in [6.07, 6.45) is 2.75. The van der Waals surface area contributed by atoms with Crippen molar-refractivity contribution in [2.45, 2.75) is 13.5 Å². The molecule has 2 aromatic rings. The van der Waals surface area contributed by atoms with Crippen molar-refractivity contribution in [1.29, 1.82) is 0 Å². The number of esters is 1. The minimum Gasteiger partial charge on any atom is -0.467 e. The maximum Gasteiger partial charge on any atom is 0.337 e. The third-order valence-corrected chi connectivity index (χ3v) is 4.03. The number of hydrogen-bond acceptors (Lipinski definition) is 5. The lowest BCUT2D eigenvalue weighted by Crippen LogP contribution is -2.13. The molecule has 1 N–H and O–H groups in total. The Hall–Kier alpha value is -3.19. The quantitative estimate of drug-likeness (QED) is 0.658. The molecule has 140 valence electrons. The molecule has 1 aliphatic heterocycles. The van der Waals surface area contributed by atoms with Crippen LogP contribution in [-0.4, -0.2) is 25.8 Å². The highest BCUT2D eigenvalue weighted by Gasteiger charge is 2.16. The second-order valence-electron chi connectivity index (χ2n) is 5.94. The van der Waals surface area contributed by atoms with Crippen LogP contribution in [0.5, 0.6) is 5.75 Å². The van der Waals surface area contributed by atoms with E-state index in [9.17, 15) is 14.0 Å². The van der Waals surface area contributed by atoms with Gasteiger partial charge in [0.1, 0.15) is 11.6 Å². The van der Waals surface area contributed by atoms with Crippen LogP contribution in [0.15, 0.2) is 36.4 Å². The molecule has 1 heterocycles. The minimum absolute atomic E-state index is 0.0746. The highest BCUT2D eigenvalue weighted by Crippen LogP contribution is 2.30. The van der Waals surface area contributed by atoms with E-state index in [2.05, 4.69) is 10.1 Å². The summed E-state index contributed by atoms with van der Waals surface area (Å²) in [4.78, 5) is 23.9. The van der Waals surface area contributed by atoms with Gasteiger partial charge in [-0.05, 0) is 42.8 Å². The van der Waals surface area contributed by atoms with Gasteiger partial charge in [0.15, 0.2) is 6.79 Å². The number of anilines is 1. The van der Waals surface area contributed by atoms with Gasteiger partial charge in [-0.25, -0.2) is 9.18 Å². The zero-order valence-electron chi connectivity index (χ0n) is 14.9. The second-order valence-corrected chi connectivity index (χ2v) is 5.94. The molecule has 1 aliphatic rings. The van der Waals surface area contributed by atoms with E-state index in [-0.39, 0.29) is 13.4 Å². The van der Waals surface area contributed by atoms with E-state index < -0.39 is 17.7 Å². The molecule has 0 spiro atoms. The maximum absolute atomic E-state index is 13.7. The molecule has 27 heavy (non-hydrogen) atoms. The standard InChI is InChI=1S/C20H18FNO5/c1-12-3-4-14(20(24)25-2)9-17(12)22-18(23)6-5-13-7-16(21)8-15-10-26-11-27-19(13)15/h3-9H,10-11H2,1-2H3,(H,22,23)/b6-5+. The molecule has 0 bridgehead atoms. The molecule has 0 aliphatic carbocycles. The molecule has 6 nitrogen and oxygen atoms in total. The number of benzene rings is 2. The van der Waals surface area contributed by atoms with Gasteiger partial charge in [-0.15, -0.1) is 0 Å². The zero-order chi connectivity index (χ0) is 19.4. The van der Waals surface area contributed by atoms with Gasteiger partial charge >= 0.3 is 5.97 Å². The Bertz CT molecular complexity index is 923. The third kappa shape index (κ3) is 4.32. The number of hydrogen-bond donors (Lipinski definition) is 1. The molecule has 0 aromatic heterocycles. The van der Waals surface area contributed by atoms with E-state index in [4.69, 9.17) is 9.47 Å². The largest absolute Gasteiger partial charge is 0.467 e. The van der Waals surface area contributed by atoms with Crippen molar-refractivity contribution < 1.29 is 28.2 Å². The number of nitrogens with one attached hydrogen (secondary N) is 1. The van der Waals surface area contributed by atoms with Gasteiger partial charge < -0.3 is 19.5 Å². The SMILES string of the molecule is COC(=O)c1ccc(C)c(NC(=O)/C=C/c2cc(F)cc3c2OCOC3)c1. The molecule has 2 aromatic carbocycles. The number of amides is 1. The number of methoxy groups -OCH3 is 1. The van der Waals surface area contributed by atoms with Gasteiger partial charge in [-0.2, -0.15) is 0 Å². The monoisotopic (exact) mass is 371 g/mol. The number of fused-ring (bicyclic) bond motifs is 1. The highest BCUT2D eigenvalue weighted by atomic mass is 19.1. The lowest BCUT2D eigenvalue weighted by Gasteiger charge is -2.19. The summed E-state index contributed by atoms with van der Waals surface area (Å²) in [5, 5.41) is 2.70. The minimum atomic E-state index is -0.494. The maximum atomic E-state index is 13.7. The number of carbonyl (C=O) groups excluding carboxylic acids is 2. The van der Waals surface area contributed by atoms with Crippen LogP contribution in [0.3, 0.4) is 0 Å². The normalized spacial score (nSPS) is 13.0. The number of rotatable bonds is 4. The first-order chi connectivity index (χ1) is 13.0. The molecule has 0 unspecified atom stereocenters. The molecule has 1 amide bonds. The first kappa shape index (κ1) is 18.6. The molecule has 0 fully saturated rings. The van der Waals surface area contributed by atoms with E-state index >= 15 is 0 Å². The topological polar surface area (TPSA) is 73.9 Å². The van der Waals surface area contributed by atoms with Crippen molar-refractivity contribution in [2.75, 3.05) is 19.2 Å². The summed E-state index contributed by atoms with van der Waals surface area (Å²) in [5.41, 5.74) is 2.63. The Balaban J connectivity index is 1.79. The van der Waals surface area contributed by atoms with Crippen LogP contribution in [0, 0.1) is 12.7 Å². The Morgan fingerprint density at radius 3 is 2.85 bits per heavy atom. The molecule has 0 radical (unpaired) electrons.